The Balaban J connectivity index is 2.20. The van der Waals surface area contributed by atoms with E-state index in [1.807, 2.05) is 6.07 Å². The Bertz CT molecular complexity index is 352. The molecule has 1 atom stereocenters. The van der Waals surface area contributed by atoms with E-state index in [0.29, 0.717) is 0 Å². The van der Waals surface area contributed by atoms with Crippen molar-refractivity contribution in [3.8, 4) is 0 Å². The number of rotatable bonds is 2. The summed E-state index contributed by atoms with van der Waals surface area (Å²) in [5.41, 5.74) is 0.0336. The Kier molecular flexibility index (Phi) is 4.00. The minimum atomic E-state index is -0.374. The van der Waals surface area contributed by atoms with Crippen molar-refractivity contribution in [1.29, 1.82) is 0 Å². The van der Waals surface area contributed by atoms with Crippen LogP contribution in [0, 0.1) is 5.41 Å². The van der Waals surface area contributed by atoms with Crippen LogP contribution in [0.3, 0.4) is 0 Å². The molecule has 0 bridgehead atoms. The second-order valence-corrected chi connectivity index (χ2v) is 7.43. The molecule has 1 aliphatic carbocycles. The zero-order chi connectivity index (χ0) is 11.8. The molecule has 0 radical (unpaired) electrons. The van der Waals surface area contributed by atoms with Gasteiger partial charge in [-0.25, -0.2) is 0 Å². The predicted molar refractivity (Wildman–Crippen MR) is 73.2 cm³/mol. The number of hydrogen-bond acceptors (Lipinski definition) is 2. The van der Waals surface area contributed by atoms with Crippen LogP contribution in [0.1, 0.15) is 50.0 Å². The van der Waals surface area contributed by atoms with Crippen molar-refractivity contribution in [3.05, 3.63) is 19.8 Å². The molecule has 16 heavy (non-hydrogen) atoms. The number of aliphatic hydroxyl groups is 1. The number of aliphatic hydroxyl groups excluding tert-OH is 1. The van der Waals surface area contributed by atoms with Gasteiger partial charge in [-0.3, -0.25) is 0 Å². The normalized spacial score (nSPS) is 22.0. The first-order chi connectivity index (χ1) is 7.53. The van der Waals surface area contributed by atoms with Crippen molar-refractivity contribution in [2.24, 2.45) is 5.41 Å². The summed E-state index contributed by atoms with van der Waals surface area (Å²) in [6, 6.07) is 1.96. The van der Waals surface area contributed by atoms with Gasteiger partial charge in [0, 0.05) is 9.35 Å². The van der Waals surface area contributed by atoms with Gasteiger partial charge >= 0.3 is 0 Å². The molecular weight excluding hydrogens is 308 g/mol. The minimum Gasteiger partial charge on any atom is -0.387 e. The van der Waals surface area contributed by atoms with Crippen molar-refractivity contribution >= 4 is 38.9 Å². The maximum Gasteiger partial charge on any atom is 0.107 e. The molecule has 1 fully saturated rings. The molecule has 1 unspecified atom stereocenters. The summed E-state index contributed by atoms with van der Waals surface area (Å²) in [7, 11) is 0. The SMILES string of the molecule is CC1(C(O)c2cc(Br)c(Cl)s2)CCCCC1. The van der Waals surface area contributed by atoms with Gasteiger partial charge in [0.15, 0.2) is 0 Å². The summed E-state index contributed by atoms with van der Waals surface area (Å²) in [4.78, 5) is 0.987. The highest BCUT2D eigenvalue weighted by Crippen LogP contribution is 2.48. The Labute approximate surface area is 114 Å². The number of thiophene rings is 1. The highest BCUT2D eigenvalue weighted by molar-refractivity contribution is 9.10. The fourth-order valence-corrected chi connectivity index (χ4v) is 4.37. The van der Waals surface area contributed by atoms with Crippen LogP contribution in [0.25, 0.3) is 0 Å². The smallest absolute Gasteiger partial charge is 0.107 e. The second kappa shape index (κ2) is 4.97. The molecule has 1 nitrogen and oxygen atoms in total. The topological polar surface area (TPSA) is 20.2 Å². The molecule has 0 spiro atoms. The van der Waals surface area contributed by atoms with Crippen molar-refractivity contribution in [2.75, 3.05) is 0 Å². The van der Waals surface area contributed by atoms with Crippen LogP contribution >= 0.6 is 38.9 Å². The molecule has 0 aliphatic heterocycles. The number of hydrogen-bond donors (Lipinski definition) is 1. The van der Waals surface area contributed by atoms with Crippen molar-refractivity contribution < 1.29 is 5.11 Å². The van der Waals surface area contributed by atoms with Crippen molar-refractivity contribution in [3.63, 3.8) is 0 Å². The highest BCUT2D eigenvalue weighted by atomic mass is 79.9. The van der Waals surface area contributed by atoms with Gasteiger partial charge in [-0.15, -0.1) is 11.3 Å². The lowest BCUT2D eigenvalue weighted by Crippen LogP contribution is -2.27. The first kappa shape index (κ1) is 12.9. The standard InChI is InChI=1S/C12H16BrClOS/c1-12(5-3-2-4-6-12)10(15)9-7-8(13)11(14)16-9/h7,10,15H,2-6H2,1H3. The van der Waals surface area contributed by atoms with Crippen LogP contribution < -0.4 is 0 Å². The van der Waals surface area contributed by atoms with Crippen LogP contribution in [0.5, 0.6) is 0 Å². The van der Waals surface area contributed by atoms with E-state index in [2.05, 4.69) is 22.9 Å². The van der Waals surface area contributed by atoms with Gasteiger partial charge in [0.1, 0.15) is 4.34 Å². The van der Waals surface area contributed by atoms with Crippen LogP contribution in [0.4, 0.5) is 0 Å². The molecule has 1 aromatic heterocycles. The predicted octanol–water partition coefficient (Wildman–Crippen LogP) is 5.17. The Morgan fingerprint density at radius 1 is 1.44 bits per heavy atom. The average Bonchev–Trinajstić information content (AvgIpc) is 2.59. The summed E-state index contributed by atoms with van der Waals surface area (Å²) in [5.74, 6) is 0. The maximum absolute atomic E-state index is 10.5. The zero-order valence-corrected chi connectivity index (χ0v) is 12.5. The summed E-state index contributed by atoms with van der Waals surface area (Å²) in [5, 5.41) is 10.5. The largest absolute Gasteiger partial charge is 0.387 e. The third-order valence-corrected chi connectivity index (χ3v) is 6.12. The Morgan fingerprint density at radius 2 is 2.06 bits per heavy atom. The summed E-state index contributed by atoms with van der Waals surface area (Å²) in [6.07, 6.45) is 5.61. The monoisotopic (exact) mass is 322 g/mol. The Morgan fingerprint density at radius 3 is 2.56 bits per heavy atom. The molecule has 2 rings (SSSR count). The molecule has 0 saturated heterocycles. The van der Waals surface area contributed by atoms with Crippen LogP contribution in [0.2, 0.25) is 4.34 Å². The van der Waals surface area contributed by atoms with E-state index in [9.17, 15) is 5.11 Å². The lowest BCUT2D eigenvalue weighted by atomic mass is 9.71. The molecular formula is C12H16BrClOS. The highest BCUT2D eigenvalue weighted by Gasteiger charge is 2.36. The lowest BCUT2D eigenvalue weighted by molar-refractivity contribution is 0.0107. The molecule has 1 N–H and O–H groups in total. The average molecular weight is 324 g/mol. The molecule has 0 amide bonds. The summed E-state index contributed by atoms with van der Waals surface area (Å²) < 4.78 is 1.63. The zero-order valence-electron chi connectivity index (χ0n) is 9.30. The quantitative estimate of drug-likeness (QED) is 0.796. The number of halogens is 2. The van der Waals surface area contributed by atoms with Gasteiger partial charge < -0.3 is 5.11 Å². The summed E-state index contributed by atoms with van der Waals surface area (Å²) in [6.45, 7) is 2.19. The molecule has 90 valence electrons. The van der Waals surface area contributed by atoms with E-state index in [1.54, 1.807) is 0 Å². The lowest BCUT2D eigenvalue weighted by Gasteiger charge is -2.37. The second-order valence-electron chi connectivity index (χ2n) is 4.89. The first-order valence-electron chi connectivity index (χ1n) is 5.66. The van der Waals surface area contributed by atoms with Crippen LogP contribution in [-0.4, -0.2) is 5.11 Å². The van der Waals surface area contributed by atoms with Crippen molar-refractivity contribution in [2.45, 2.75) is 45.1 Å². The van der Waals surface area contributed by atoms with E-state index in [0.717, 1.165) is 26.5 Å². The molecule has 1 saturated carbocycles. The van der Waals surface area contributed by atoms with E-state index in [-0.39, 0.29) is 11.5 Å². The maximum atomic E-state index is 10.5. The molecule has 4 heteroatoms. The third-order valence-electron chi connectivity index (χ3n) is 3.59. The van der Waals surface area contributed by atoms with Gasteiger partial charge in [-0.1, -0.05) is 37.8 Å². The van der Waals surface area contributed by atoms with Gasteiger partial charge in [-0.05, 0) is 40.3 Å². The molecule has 0 aromatic carbocycles. The van der Waals surface area contributed by atoms with E-state index >= 15 is 0 Å². The van der Waals surface area contributed by atoms with Gasteiger partial charge in [-0.2, -0.15) is 0 Å². The minimum absolute atomic E-state index is 0.0336. The van der Waals surface area contributed by atoms with Gasteiger partial charge in [0.05, 0.1) is 6.10 Å². The molecule has 1 aromatic rings. The third kappa shape index (κ3) is 2.47. The van der Waals surface area contributed by atoms with Gasteiger partial charge in [0.25, 0.3) is 0 Å². The van der Waals surface area contributed by atoms with Crippen LogP contribution in [-0.2, 0) is 0 Å². The summed E-state index contributed by atoms with van der Waals surface area (Å²) >= 11 is 10.9. The van der Waals surface area contributed by atoms with Gasteiger partial charge in [0.2, 0.25) is 0 Å². The van der Waals surface area contributed by atoms with Crippen LogP contribution in [0.15, 0.2) is 10.5 Å². The first-order valence-corrected chi connectivity index (χ1v) is 7.64. The molecule has 1 heterocycles. The van der Waals surface area contributed by atoms with E-state index in [1.165, 1.54) is 30.6 Å². The molecule has 1 aliphatic rings. The van der Waals surface area contributed by atoms with E-state index in [4.69, 9.17) is 11.6 Å². The van der Waals surface area contributed by atoms with E-state index < -0.39 is 0 Å². The van der Waals surface area contributed by atoms with Crippen molar-refractivity contribution in [1.82, 2.24) is 0 Å². The fraction of sp³-hybridized carbons (Fsp3) is 0.667. The fourth-order valence-electron chi connectivity index (χ4n) is 2.47. The Hall–Kier alpha value is 0.430.